The van der Waals surface area contributed by atoms with Gasteiger partial charge in [-0.25, -0.2) is 4.99 Å². The number of fused-ring (bicyclic) bond motifs is 2. The van der Waals surface area contributed by atoms with Crippen LogP contribution in [0.25, 0.3) is 0 Å². The average Bonchev–Trinajstić information content (AvgIpc) is 3.14. The summed E-state index contributed by atoms with van der Waals surface area (Å²) in [5.74, 6) is 1.58. The van der Waals surface area contributed by atoms with Gasteiger partial charge in [0.05, 0.1) is 18.8 Å². The fourth-order valence-corrected chi connectivity index (χ4v) is 3.85. The molecule has 0 spiro atoms. The topological polar surface area (TPSA) is 74.2 Å². The van der Waals surface area contributed by atoms with Gasteiger partial charge in [0.2, 0.25) is 17.8 Å². The van der Waals surface area contributed by atoms with Gasteiger partial charge in [-0.3, -0.25) is 14.9 Å². The summed E-state index contributed by atoms with van der Waals surface area (Å²) < 4.78 is 6.02. The van der Waals surface area contributed by atoms with Crippen molar-refractivity contribution in [3.8, 4) is 5.75 Å². The Hall–Kier alpha value is -3.35. The fraction of sp³-hybridized carbons (Fsp3) is 0.375. The lowest BCUT2D eigenvalue weighted by molar-refractivity contribution is -0.130. The maximum absolute atomic E-state index is 12.3. The molecular formula is C24H28N4O3. The predicted molar refractivity (Wildman–Crippen MR) is 119 cm³/mol. The van der Waals surface area contributed by atoms with Crippen molar-refractivity contribution in [3.05, 3.63) is 59.7 Å². The second kappa shape index (κ2) is 9.64. The second-order valence-corrected chi connectivity index (χ2v) is 7.99. The van der Waals surface area contributed by atoms with Crippen molar-refractivity contribution in [1.29, 1.82) is 0 Å². The minimum Gasteiger partial charge on any atom is -0.493 e. The zero-order valence-corrected chi connectivity index (χ0v) is 17.8. The van der Waals surface area contributed by atoms with Gasteiger partial charge in [0.25, 0.3) is 0 Å². The van der Waals surface area contributed by atoms with Crippen LogP contribution >= 0.6 is 0 Å². The molecule has 0 saturated carbocycles. The Bertz CT molecular complexity index is 974. The van der Waals surface area contributed by atoms with Gasteiger partial charge in [-0.05, 0) is 37.0 Å². The molecular weight excluding hydrogens is 392 g/mol. The maximum Gasteiger partial charge on any atom is 0.246 e. The highest BCUT2D eigenvalue weighted by Gasteiger charge is 2.30. The molecule has 1 N–H and O–H groups in total. The van der Waals surface area contributed by atoms with E-state index in [9.17, 15) is 9.59 Å². The first-order valence-corrected chi connectivity index (χ1v) is 10.8. The van der Waals surface area contributed by atoms with Crippen LogP contribution in [0.4, 0.5) is 5.69 Å². The van der Waals surface area contributed by atoms with E-state index in [1.807, 2.05) is 60.5 Å². The van der Waals surface area contributed by atoms with E-state index in [0.717, 1.165) is 41.8 Å². The number of hydrogen-bond acceptors (Lipinski definition) is 5. The number of unbranched alkanes of at least 4 members (excludes halogenated alkanes) is 2. The zero-order valence-electron chi connectivity index (χ0n) is 17.8. The fourth-order valence-electron chi connectivity index (χ4n) is 3.85. The van der Waals surface area contributed by atoms with Gasteiger partial charge in [-0.1, -0.05) is 36.4 Å². The molecule has 2 aromatic rings. The van der Waals surface area contributed by atoms with Gasteiger partial charge in [0.1, 0.15) is 12.3 Å². The van der Waals surface area contributed by atoms with Crippen LogP contribution in [0, 0.1) is 0 Å². The van der Waals surface area contributed by atoms with Crippen LogP contribution in [0.2, 0.25) is 0 Å². The number of carbonyl (C=O) groups is 2. The molecule has 2 heterocycles. The highest BCUT2D eigenvalue weighted by atomic mass is 16.5. The summed E-state index contributed by atoms with van der Waals surface area (Å²) in [5, 5.41) is 2.78. The molecule has 4 rings (SSSR count). The quantitative estimate of drug-likeness (QED) is 0.632. The molecule has 0 radical (unpaired) electrons. The number of ether oxygens (including phenoxy) is 1. The lowest BCUT2D eigenvalue weighted by Crippen LogP contribution is -2.32. The molecule has 162 valence electrons. The summed E-state index contributed by atoms with van der Waals surface area (Å²) in [5.41, 5.74) is 3.00. The van der Waals surface area contributed by atoms with Crippen LogP contribution in [-0.4, -0.2) is 47.8 Å². The molecule has 0 unspecified atom stereocenters. The highest BCUT2D eigenvalue weighted by molar-refractivity contribution is 6.05. The zero-order chi connectivity index (χ0) is 21.6. The SMILES string of the molecule is CN(Cc1ccccc1)C(=O)CCCCCOc1cccc2c1CN1CC(=O)NC1=N2. The van der Waals surface area contributed by atoms with E-state index >= 15 is 0 Å². The number of nitrogens with one attached hydrogen (secondary N) is 1. The normalized spacial score (nSPS) is 14.4. The number of carbonyl (C=O) groups excluding carboxylic acids is 2. The highest BCUT2D eigenvalue weighted by Crippen LogP contribution is 2.34. The molecule has 1 saturated heterocycles. The van der Waals surface area contributed by atoms with Gasteiger partial charge in [-0.2, -0.15) is 0 Å². The third kappa shape index (κ3) is 5.23. The van der Waals surface area contributed by atoms with Crippen LogP contribution in [-0.2, 0) is 22.7 Å². The van der Waals surface area contributed by atoms with Gasteiger partial charge in [0.15, 0.2) is 0 Å². The van der Waals surface area contributed by atoms with Crippen molar-refractivity contribution in [2.45, 2.75) is 38.8 Å². The van der Waals surface area contributed by atoms with Crippen molar-refractivity contribution in [3.63, 3.8) is 0 Å². The molecule has 2 aliphatic heterocycles. The van der Waals surface area contributed by atoms with E-state index in [2.05, 4.69) is 10.3 Å². The molecule has 2 aliphatic rings. The van der Waals surface area contributed by atoms with E-state index in [1.165, 1.54) is 0 Å². The first-order chi connectivity index (χ1) is 15.1. The Morgan fingerprint density at radius 1 is 1.10 bits per heavy atom. The molecule has 0 bridgehead atoms. The molecule has 2 aromatic carbocycles. The molecule has 0 aliphatic carbocycles. The third-order valence-electron chi connectivity index (χ3n) is 5.55. The smallest absolute Gasteiger partial charge is 0.246 e. The monoisotopic (exact) mass is 420 g/mol. The minimum absolute atomic E-state index is 0.0296. The van der Waals surface area contributed by atoms with E-state index in [4.69, 9.17) is 4.74 Å². The summed E-state index contributed by atoms with van der Waals surface area (Å²) >= 11 is 0. The average molecular weight is 421 g/mol. The lowest BCUT2D eigenvalue weighted by atomic mass is 10.1. The van der Waals surface area contributed by atoms with Crippen molar-refractivity contribution in [2.75, 3.05) is 20.2 Å². The van der Waals surface area contributed by atoms with Crippen molar-refractivity contribution in [1.82, 2.24) is 15.1 Å². The standard InChI is InChI=1S/C24H28N4O3/c1-27(15-18-9-4-2-5-10-18)23(30)13-6-3-7-14-31-21-12-8-11-20-19(21)16-28-17-22(29)26-24(28)25-20/h2,4-5,8-12H,3,6-7,13-17H2,1H3,(H,25,26,29). The Labute approximate surface area is 182 Å². The largest absolute Gasteiger partial charge is 0.493 e. The number of amides is 2. The van der Waals surface area contributed by atoms with Crippen molar-refractivity contribution < 1.29 is 14.3 Å². The summed E-state index contributed by atoms with van der Waals surface area (Å²) in [6.07, 6.45) is 3.23. The van der Waals surface area contributed by atoms with E-state index in [1.54, 1.807) is 4.90 Å². The first-order valence-electron chi connectivity index (χ1n) is 10.8. The summed E-state index contributed by atoms with van der Waals surface area (Å²) in [6.45, 7) is 2.19. The molecule has 1 fully saturated rings. The second-order valence-electron chi connectivity index (χ2n) is 7.99. The number of nitrogens with zero attached hydrogens (tertiary/aromatic N) is 3. The van der Waals surface area contributed by atoms with E-state index in [-0.39, 0.29) is 11.8 Å². The van der Waals surface area contributed by atoms with Crippen molar-refractivity contribution in [2.24, 2.45) is 4.99 Å². The van der Waals surface area contributed by atoms with Crippen LogP contribution in [0.15, 0.2) is 53.5 Å². The summed E-state index contributed by atoms with van der Waals surface area (Å²) in [4.78, 5) is 32.2. The molecule has 0 atom stereocenters. The predicted octanol–water partition coefficient (Wildman–Crippen LogP) is 3.22. The minimum atomic E-state index is -0.0296. The molecule has 31 heavy (non-hydrogen) atoms. The van der Waals surface area contributed by atoms with Crippen LogP contribution in [0.5, 0.6) is 5.75 Å². The van der Waals surface area contributed by atoms with E-state index < -0.39 is 0 Å². The third-order valence-corrected chi connectivity index (χ3v) is 5.55. The molecule has 0 aromatic heterocycles. The maximum atomic E-state index is 12.3. The Morgan fingerprint density at radius 3 is 2.77 bits per heavy atom. The lowest BCUT2D eigenvalue weighted by Gasteiger charge is -2.24. The van der Waals surface area contributed by atoms with Gasteiger partial charge in [-0.15, -0.1) is 0 Å². The molecule has 7 nitrogen and oxygen atoms in total. The van der Waals surface area contributed by atoms with Crippen molar-refractivity contribution >= 4 is 23.5 Å². The van der Waals surface area contributed by atoms with E-state index in [0.29, 0.717) is 38.6 Å². The number of benzene rings is 2. The summed E-state index contributed by atoms with van der Waals surface area (Å²) in [7, 11) is 1.86. The number of hydrogen-bond donors (Lipinski definition) is 1. The Balaban J connectivity index is 1.18. The Morgan fingerprint density at radius 2 is 1.94 bits per heavy atom. The first kappa shape index (κ1) is 20.9. The summed E-state index contributed by atoms with van der Waals surface area (Å²) in [6, 6.07) is 15.8. The van der Waals surface area contributed by atoms with Gasteiger partial charge >= 0.3 is 0 Å². The van der Waals surface area contributed by atoms with Gasteiger partial charge in [0, 0.05) is 25.6 Å². The number of guanidine groups is 1. The van der Waals surface area contributed by atoms with Crippen LogP contribution in [0.3, 0.4) is 0 Å². The molecule has 7 heteroatoms. The number of rotatable bonds is 9. The molecule has 2 amide bonds. The van der Waals surface area contributed by atoms with Crippen LogP contribution in [0.1, 0.15) is 36.8 Å². The number of aliphatic imine (C=N–C) groups is 1. The van der Waals surface area contributed by atoms with Gasteiger partial charge < -0.3 is 14.5 Å². The Kier molecular flexibility index (Phi) is 6.50. The van der Waals surface area contributed by atoms with Crippen LogP contribution < -0.4 is 10.1 Å².